The maximum absolute atomic E-state index is 13.8. The first-order valence-electron chi connectivity index (χ1n) is 7.05. The van der Waals surface area contributed by atoms with E-state index in [-0.39, 0.29) is 23.7 Å². The van der Waals surface area contributed by atoms with Gasteiger partial charge in [0.1, 0.15) is 17.5 Å². The average Bonchev–Trinajstić information content (AvgIpc) is 3.31. The van der Waals surface area contributed by atoms with E-state index in [2.05, 4.69) is 0 Å². The lowest BCUT2D eigenvalue weighted by atomic mass is 10.1. The third-order valence-electron chi connectivity index (χ3n) is 3.71. The SMILES string of the molecule is O=C(c1ccccc1F)N(Cc1ccc(F)cc1F)C1CC1. The average molecular weight is 305 g/mol. The van der Waals surface area contributed by atoms with Crippen LogP contribution in [0.2, 0.25) is 0 Å². The predicted octanol–water partition coefficient (Wildman–Crippen LogP) is 3.91. The molecule has 0 saturated heterocycles. The van der Waals surface area contributed by atoms with Crippen LogP contribution < -0.4 is 0 Å². The van der Waals surface area contributed by atoms with Crippen molar-refractivity contribution in [1.82, 2.24) is 4.90 Å². The molecule has 0 spiro atoms. The molecule has 5 heteroatoms. The Hall–Kier alpha value is -2.30. The minimum atomic E-state index is -0.702. The van der Waals surface area contributed by atoms with Crippen molar-refractivity contribution in [1.29, 1.82) is 0 Å². The molecule has 1 aliphatic carbocycles. The standard InChI is InChI=1S/C17H14F3NO/c18-12-6-5-11(16(20)9-12)10-21(13-7-8-13)17(22)14-3-1-2-4-15(14)19/h1-6,9,13H,7-8,10H2. The second-order valence-corrected chi connectivity index (χ2v) is 5.38. The zero-order chi connectivity index (χ0) is 15.7. The number of nitrogens with zero attached hydrogens (tertiary/aromatic N) is 1. The summed E-state index contributed by atoms with van der Waals surface area (Å²) in [6.45, 7) is 0.00392. The van der Waals surface area contributed by atoms with Crippen molar-refractivity contribution in [3.8, 4) is 0 Å². The molecule has 1 fully saturated rings. The van der Waals surface area contributed by atoms with Crippen molar-refractivity contribution in [2.24, 2.45) is 0 Å². The lowest BCUT2D eigenvalue weighted by Crippen LogP contribution is -2.33. The van der Waals surface area contributed by atoms with E-state index in [9.17, 15) is 18.0 Å². The molecule has 0 atom stereocenters. The first-order chi connectivity index (χ1) is 10.6. The molecule has 0 aromatic heterocycles. The number of benzene rings is 2. The number of carbonyl (C=O) groups excluding carboxylic acids is 1. The van der Waals surface area contributed by atoms with E-state index in [0.717, 1.165) is 25.0 Å². The lowest BCUT2D eigenvalue weighted by molar-refractivity contribution is 0.0723. The Morgan fingerprint density at radius 1 is 1.05 bits per heavy atom. The molecule has 114 valence electrons. The first-order valence-corrected chi connectivity index (χ1v) is 7.05. The van der Waals surface area contributed by atoms with Crippen LogP contribution in [0.25, 0.3) is 0 Å². The van der Waals surface area contributed by atoms with Gasteiger partial charge in [-0.25, -0.2) is 13.2 Å². The Balaban J connectivity index is 1.87. The normalized spacial score (nSPS) is 14.0. The summed E-state index contributed by atoms with van der Waals surface area (Å²) in [6, 6.07) is 8.95. The molecule has 0 radical (unpaired) electrons. The summed E-state index contributed by atoms with van der Waals surface area (Å²) in [6.07, 6.45) is 1.62. The van der Waals surface area contributed by atoms with Crippen LogP contribution in [-0.4, -0.2) is 16.8 Å². The third-order valence-corrected chi connectivity index (χ3v) is 3.71. The van der Waals surface area contributed by atoms with Gasteiger partial charge in [-0.2, -0.15) is 0 Å². The van der Waals surface area contributed by atoms with E-state index < -0.39 is 23.4 Å². The minimum absolute atomic E-state index is 0.00392. The molecule has 0 aliphatic heterocycles. The molecule has 2 nitrogen and oxygen atoms in total. The Bertz CT molecular complexity index is 713. The summed E-state index contributed by atoms with van der Waals surface area (Å²) < 4.78 is 40.5. The second kappa shape index (κ2) is 5.83. The summed E-state index contributed by atoms with van der Waals surface area (Å²) in [5, 5.41) is 0. The molecule has 0 unspecified atom stereocenters. The van der Waals surface area contributed by atoms with Crippen LogP contribution in [0.5, 0.6) is 0 Å². The monoisotopic (exact) mass is 305 g/mol. The van der Waals surface area contributed by atoms with Gasteiger partial charge in [0, 0.05) is 24.2 Å². The fraction of sp³-hybridized carbons (Fsp3) is 0.235. The molecular weight excluding hydrogens is 291 g/mol. The van der Waals surface area contributed by atoms with Gasteiger partial charge < -0.3 is 4.90 Å². The highest BCUT2D eigenvalue weighted by Crippen LogP contribution is 2.30. The maximum Gasteiger partial charge on any atom is 0.257 e. The van der Waals surface area contributed by atoms with Gasteiger partial charge in [0.2, 0.25) is 0 Å². The Labute approximate surface area is 126 Å². The van der Waals surface area contributed by atoms with Gasteiger partial charge in [-0.05, 0) is 31.0 Å². The largest absolute Gasteiger partial charge is 0.331 e. The fourth-order valence-electron chi connectivity index (χ4n) is 2.38. The highest BCUT2D eigenvalue weighted by atomic mass is 19.1. The van der Waals surface area contributed by atoms with Gasteiger partial charge in [0.15, 0.2) is 0 Å². The van der Waals surface area contributed by atoms with Gasteiger partial charge in [-0.3, -0.25) is 4.79 Å². The molecule has 1 amide bonds. The minimum Gasteiger partial charge on any atom is -0.331 e. The van der Waals surface area contributed by atoms with E-state index in [1.54, 1.807) is 6.07 Å². The summed E-state index contributed by atoms with van der Waals surface area (Å²) >= 11 is 0. The van der Waals surface area contributed by atoms with Crippen molar-refractivity contribution in [2.75, 3.05) is 0 Å². The quantitative estimate of drug-likeness (QED) is 0.838. The van der Waals surface area contributed by atoms with E-state index >= 15 is 0 Å². The lowest BCUT2D eigenvalue weighted by Gasteiger charge is -2.23. The number of halogens is 3. The Morgan fingerprint density at radius 3 is 2.41 bits per heavy atom. The fourth-order valence-corrected chi connectivity index (χ4v) is 2.38. The molecule has 2 aromatic carbocycles. The van der Waals surface area contributed by atoms with Crippen molar-refractivity contribution < 1.29 is 18.0 Å². The van der Waals surface area contributed by atoms with Gasteiger partial charge in [0.05, 0.1) is 5.56 Å². The first kappa shape index (κ1) is 14.6. The van der Waals surface area contributed by atoms with Crippen LogP contribution in [0.15, 0.2) is 42.5 Å². The number of hydrogen-bond donors (Lipinski definition) is 0. The molecule has 1 aliphatic rings. The molecule has 0 N–H and O–H groups in total. The van der Waals surface area contributed by atoms with Crippen LogP contribution >= 0.6 is 0 Å². The predicted molar refractivity (Wildman–Crippen MR) is 75.7 cm³/mol. The van der Waals surface area contributed by atoms with Crippen LogP contribution in [0.3, 0.4) is 0 Å². The highest BCUT2D eigenvalue weighted by Gasteiger charge is 2.34. The Morgan fingerprint density at radius 2 is 1.77 bits per heavy atom. The van der Waals surface area contributed by atoms with Crippen molar-refractivity contribution >= 4 is 5.91 Å². The highest BCUT2D eigenvalue weighted by molar-refractivity contribution is 5.94. The number of rotatable bonds is 4. The van der Waals surface area contributed by atoms with Crippen molar-refractivity contribution in [3.05, 3.63) is 71.0 Å². The summed E-state index contributed by atoms with van der Waals surface area (Å²) in [4.78, 5) is 14.0. The molecular formula is C17H14F3NO. The molecule has 0 bridgehead atoms. The number of carbonyl (C=O) groups is 1. The van der Waals surface area contributed by atoms with Gasteiger partial charge in [-0.15, -0.1) is 0 Å². The summed E-state index contributed by atoms with van der Waals surface area (Å²) in [5.74, 6) is -2.44. The van der Waals surface area contributed by atoms with E-state index in [1.165, 1.54) is 29.2 Å². The van der Waals surface area contributed by atoms with Crippen LogP contribution in [0, 0.1) is 17.5 Å². The summed E-state index contributed by atoms with van der Waals surface area (Å²) in [7, 11) is 0. The van der Waals surface area contributed by atoms with Gasteiger partial charge in [-0.1, -0.05) is 18.2 Å². The Kier molecular flexibility index (Phi) is 3.88. The molecule has 22 heavy (non-hydrogen) atoms. The number of amides is 1. The zero-order valence-electron chi connectivity index (χ0n) is 11.7. The molecule has 2 aromatic rings. The smallest absolute Gasteiger partial charge is 0.257 e. The van der Waals surface area contributed by atoms with Crippen LogP contribution in [0.4, 0.5) is 13.2 Å². The maximum atomic E-state index is 13.8. The van der Waals surface area contributed by atoms with E-state index in [4.69, 9.17) is 0 Å². The van der Waals surface area contributed by atoms with E-state index in [1.807, 2.05) is 0 Å². The summed E-state index contributed by atoms with van der Waals surface area (Å²) in [5.41, 5.74) is 0.190. The topological polar surface area (TPSA) is 20.3 Å². The van der Waals surface area contributed by atoms with Crippen LogP contribution in [-0.2, 0) is 6.54 Å². The second-order valence-electron chi connectivity index (χ2n) is 5.38. The third kappa shape index (κ3) is 2.98. The van der Waals surface area contributed by atoms with Crippen molar-refractivity contribution in [2.45, 2.75) is 25.4 Å². The molecule has 1 saturated carbocycles. The molecule has 0 heterocycles. The van der Waals surface area contributed by atoms with E-state index in [0.29, 0.717) is 0 Å². The zero-order valence-corrected chi connectivity index (χ0v) is 11.7. The van der Waals surface area contributed by atoms with Gasteiger partial charge in [0.25, 0.3) is 5.91 Å². The van der Waals surface area contributed by atoms with Crippen molar-refractivity contribution in [3.63, 3.8) is 0 Å². The van der Waals surface area contributed by atoms with Crippen LogP contribution in [0.1, 0.15) is 28.8 Å². The number of hydrogen-bond acceptors (Lipinski definition) is 1. The van der Waals surface area contributed by atoms with Gasteiger partial charge >= 0.3 is 0 Å². The molecule has 3 rings (SSSR count).